The number of rotatable bonds is 4. The molecule has 0 N–H and O–H groups in total. The lowest BCUT2D eigenvalue weighted by Gasteiger charge is -2.25. The van der Waals surface area contributed by atoms with Crippen molar-refractivity contribution < 1.29 is 9.53 Å². The first-order valence-corrected chi connectivity index (χ1v) is 8.15. The van der Waals surface area contributed by atoms with Crippen molar-refractivity contribution in [1.29, 1.82) is 0 Å². The minimum Gasteiger partial charge on any atom is -0.465 e. The number of esters is 1. The number of carbonyl (C=O) groups is 1. The predicted molar refractivity (Wildman–Crippen MR) is 91.3 cm³/mol. The molecule has 23 heavy (non-hydrogen) atoms. The highest BCUT2D eigenvalue weighted by atomic mass is 16.5. The highest BCUT2D eigenvalue weighted by Gasteiger charge is 2.25. The number of hydrogen-bond donors (Lipinski definition) is 0. The van der Waals surface area contributed by atoms with Gasteiger partial charge < -0.3 is 4.74 Å². The van der Waals surface area contributed by atoms with Gasteiger partial charge in [0.25, 0.3) is 0 Å². The van der Waals surface area contributed by atoms with Gasteiger partial charge in [0.15, 0.2) is 0 Å². The van der Waals surface area contributed by atoms with Crippen LogP contribution in [0.2, 0.25) is 0 Å². The predicted octanol–water partition coefficient (Wildman–Crippen LogP) is 4.12. The fourth-order valence-corrected chi connectivity index (χ4v) is 3.37. The quantitative estimate of drug-likeness (QED) is 0.796. The second kappa shape index (κ2) is 6.97. The molecule has 120 valence electrons. The molecule has 1 saturated heterocycles. The van der Waals surface area contributed by atoms with Gasteiger partial charge in [-0.1, -0.05) is 42.0 Å². The standard InChI is InChI=1S/C20H23NO2/c1-15-5-3-6-18(13-15)19-7-4-12-21(19)14-16-8-10-17(11-9-16)20(22)23-2/h3,5-6,8-11,13,19H,4,7,12,14H2,1-2H3. The van der Waals surface area contributed by atoms with E-state index in [2.05, 4.69) is 36.1 Å². The van der Waals surface area contributed by atoms with Gasteiger partial charge in [-0.05, 0) is 49.6 Å². The Hall–Kier alpha value is -2.13. The van der Waals surface area contributed by atoms with Gasteiger partial charge in [-0.15, -0.1) is 0 Å². The van der Waals surface area contributed by atoms with Crippen LogP contribution >= 0.6 is 0 Å². The average molecular weight is 309 g/mol. The van der Waals surface area contributed by atoms with Gasteiger partial charge in [-0.25, -0.2) is 4.79 Å². The van der Waals surface area contributed by atoms with Gasteiger partial charge in [-0.3, -0.25) is 4.90 Å². The summed E-state index contributed by atoms with van der Waals surface area (Å²) in [7, 11) is 1.41. The third-order valence-corrected chi connectivity index (χ3v) is 4.55. The van der Waals surface area contributed by atoms with Crippen molar-refractivity contribution in [3.8, 4) is 0 Å². The smallest absolute Gasteiger partial charge is 0.337 e. The molecule has 2 aromatic carbocycles. The highest BCUT2D eigenvalue weighted by Crippen LogP contribution is 2.33. The van der Waals surface area contributed by atoms with Crippen molar-refractivity contribution in [2.24, 2.45) is 0 Å². The summed E-state index contributed by atoms with van der Waals surface area (Å²) in [6.45, 7) is 4.19. The molecule has 1 heterocycles. The van der Waals surface area contributed by atoms with Crippen LogP contribution in [-0.2, 0) is 11.3 Å². The summed E-state index contributed by atoms with van der Waals surface area (Å²) in [5.74, 6) is -0.282. The topological polar surface area (TPSA) is 29.5 Å². The summed E-state index contributed by atoms with van der Waals surface area (Å²) in [6, 6.07) is 17.1. The Labute approximate surface area is 137 Å². The van der Waals surface area contributed by atoms with Crippen molar-refractivity contribution in [2.75, 3.05) is 13.7 Å². The van der Waals surface area contributed by atoms with Crippen LogP contribution in [0.25, 0.3) is 0 Å². The Balaban J connectivity index is 1.72. The summed E-state index contributed by atoms with van der Waals surface area (Å²) in [6.07, 6.45) is 2.45. The largest absolute Gasteiger partial charge is 0.465 e. The number of likely N-dealkylation sites (tertiary alicyclic amines) is 1. The average Bonchev–Trinajstić information content (AvgIpc) is 3.03. The number of aryl methyl sites for hydroxylation is 1. The summed E-state index contributed by atoms with van der Waals surface area (Å²) in [5.41, 5.74) is 4.57. The summed E-state index contributed by atoms with van der Waals surface area (Å²) < 4.78 is 4.75. The van der Waals surface area contributed by atoms with Gasteiger partial charge in [0.1, 0.15) is 0 Å². The molecule has 2 aromatic rings. The molecule has 1 aliphatic heterocycles. The molecule has 1 fully saturated rings. The first-order valence-electron chi connectivity index (χ1n) is 8.15. The van der Waals surface area contributed by atoms with Crippen LogP contribution < -0.4 is 0 Å². The van der Waals surface area contributed by atoms with Crippen LogP contribution in [0.15, 0.2) is 48.5 Å². The zero-order valence-electron chi connectivity index (χ0n) is 13.8. The van der Waals surface area contributed by atoms with Gasteiger partial charge >= 0.3 is 5.97 Å². The lowest BCUT2D eigenvalue weighted by atomic mass is 10.0. The fourth-order valence-electron chi connectivity index (χ4n) is 3.37. The number of nitrogens with zero attached hydrogens (tertiary/aromatic N) is 1. The van der Waals surface area contributed by atoms with E-state index >= 15 is 0 Å². The van der Waals surface area contributed by atoms with Crippen molar-refractivity contribution in [1.82, 2.24) is 4.90 Å². The van der Waals surface area contributed by atoms with Gasteiger partial charge in [0.2, 0.25) is 0 Å². The van der Waals surface area contributed by atoms with Crippen molar-refractivity contribution in [3.63, 3.8) is 0 Å². The molecule has 3 heteroatoms. The van der Waals surface area contributed by atoms with Gasteiger partial charge in [0.05, 0.1) is 12.7 Å². The molecular formula is C20H23NO2. The second-order valence-electron chi connectivity index (χ2n) is 6.23. The van der Waals surface area contributed by atoms with E-state index in [0.717, 1.165) is 13.1 Å². The molecule has 0 radical (unpaired) electrons. The van der Waals surface area contributed by atoms with E-state index in [1.165, 1.54) is 36.6 Å². The van der Waals surface area contributed by atoms with E-state index in [9.17, 15) is 4.79 Å². The third-order valence-electron chi connectivity index (χ3n) is 4.55. The van der Waals surface area contributed by atoms with Crippen LogP contribution in [0.5, 0.6) is 0 Å². The summed E-state index contributed by atoms with van der Waals surface area (Å²) >= 11 is 0. The van der Waals surface area contributed by atoms with E-state index in [-0.39, 0.29) is 5.97 Å². The first kappa shape index (κ1) is 15.8. The van der Waals surface area contributed by atoms with Crippen molar-refractivity contribution >= 4 is 5.97 Å². The minimum atomic E-state index is -0.282. The Morgan fingerprint density at radius 2 is 2.00 bits per heavy atom. The molecule has 0 saturated carbocycles. The Morgan fingerprint density at radius 3 is 2.70 bits per heavy atom. The first-order chi connectivity index (χ1) is 11.2. The number of ether oxygens (including phenoxy) is 1. The van der Waals surface area contributed by atoms with Crippen molar-refractivity contribution in [2.45, 2.75) is 32.4 Å². The van der Waals surface area contributed by atoms with E-state index < -0.39 is 0 Å². The SMILES string of the molecule is COC(=O)c1ccc(CN2CCCC2c2cccc(C)c2)cc1. The molecule has 3 rings (SSSR count). The monoisotopic (exact) mass is 309 g/mol. The van der Waals surface area contributed by atoms with Crippen LogP contribution in [-0.4, -0.2) is 24.5 Å². The lowest BCUT2D eigenvalue weighted by Crippen LogP contribution is -2.22. The molecule has 1 aliphatic rings. The van der Waals surface area contributed by atoms with E-state index in [1.54, 1.807) is 0 Å². The van der Waals surface area contributed by atoms with Gasteiger partial charge in [0, 0.05) is 12.6 Å². The van der Waals surface area contributed by atoms with Crippen LogP contribution in [0.4, 0.5) is 0 Å². The zero-order valence-corrected chi connectivity index (χ0v) is 13.8. The molecule has 0 spiro atoms. The van der Waals surface area contributed by atoms with Crippen LogP contribution in [0.1, 0.15) is 45.9 Å². The lowest BCUT2D eigenvalue weighted by molar-refractivity contribution is 0.0600. The number of methoxy groups -OCH3 is 1. The molecule has 0 amide bonds. The van der Waals surface area contributed by atoms with Crippen molar-refractivity contribution in [3.05, 3.63) is 70.8 Å². The summed E-state index contributed by atoms with van der Waals surface area (Å²) in [5, 5.41) is 0. The second-order valence-corrected chi connectivity index (χ2v) is 6.23. The molecule has 1 unspecified atom stereocenters. The maximum atomic E-state index is 11.5. The Bertz CT molecular complexity index is 678. The normalized spacial score (nSPS) is 18.1. The number of hydrogen-bond acceptors (Lipinski definition) is 3. The Kier molecular flexibility index (Phi) is 4.77. The number of benzene rings is 2. The van der Waals surface area contributed by atoms with E-state index in [0.29, 0.717) is 11.6 Å². The Morgan fingerprint density at radius 1 is 1.22 bits per heavy atom. The van der Waals surface area contributed by atoms with E-state index in [4.69, 9.17) is 4.74 Å². The summed E-state index contributed by atoms with van der Waals surface area (Å²) in [4.78, 5) is 14.0. The molecule has 0 aliphatic carbocycles. The highest BCUT2D eigenvalue weighted by molar-refractivity contribution is 5.89. The molecule has 0 aromatic heterocycles. The zero-order chi connectivity index (χ0) is 16.2. The minimum absolute atomic E-state index is 0.282. The molecule has 1 atom stereocenters. The van der Waals surface area contributed by atoms with Crippen LogP contribution in [0.3, 0.4) is 0 Å². The maximum absolute atomic E-state index is 11.5. The van der Waals surface area contributed by atoms with Crippen LogP contribution in [0, 0.1) is 6.92 Å². The number of carbonyl (C=O) groups excluding carboxylic acids is 1. The van der Waals surface area contributed by atoms with Gasteiger partial charge in [-0.2, -0.15) is 0 Å². The van der Waals surface area contributed by atoms with E-state index in [1.807, 2.05) is 24.3 Å². The fraction of sp³-hybridized carbons (Fsp3) is 0.350. The molecular weight excluding hydrogens is 286 g/mol. The maximum Gasteiger partial charge on any atom is 0.337 e. The third kappa shape index (κ3) is 3.62. The molecule has 0 bridgehead atoms. The molecule has 3 nitrogen and oxygen atoms in total.